The summed E-state index contributed by atoms with van der Waals surface area (Å²) in [5.41, 5.74) is 7.72. The van der Waals surface area contributed by atoms with Crippen LogP contribution < -0.4 is 4.90 Å². The number of anilines is 3. The van der Waals surface area contributed by atoms with E-state index in [1.54, 1.807) is 11.3 Å². The standard InChI is InChI=1S/C43H24N2O2S2/c1-2-9-25(10-3-1)43-44-34-24-41-33(23-38(34)47-43)31-13-8-14-35(42(31)49-41)45(26-18-20-37-32(21-26)28-11-4-6-15-36(28)46-37)27-17-19-30-29-12-5-7-16-39(29)48-40(30)22-27/h1-24H. The van der Waals surface area contributed by atoms with E-state index in [2.05, 4.69) is 108 Å². The lowest BCUT2D eigenvalue weighted by Crippen LogP contribution is -2.09. The van der Waals surface area contributed by atoms with Gasteiger partial charge in [-0.25, -0.2) is 4.98 Å². The fourth-order valence-corrected chi connectivity index (χ4v) is 9.58. The van der Waals surface area contributed by atoms with E-state index in [-0.39, 0.29) is 0 Å². The highest BCUT2D eigenvalue weighted by molar-refractivity contribution is 7.26. The fraction of sp³-hybridized carbons (Fsp3) is 0. The number of thiophene rings is 2. The number of nitrogens with zero attached hydrogens (tertiary/aromatic N) is 2. The summed E-state index contributed by atoms with van der Waals surface area (Å²) in [5.74, 6) is 0.642. The van der Waals surface area contributed by atoms with Crippen molar-refractivity contribution in [2.24, 2.45) is 0 Å². The third-order valence-electron chi connectivity index (χ3n) is 9.49. The van der Waals surface area contributed by atoms with Gasteiger partial charge in [0.15, 0.2) is 5.58 Å². The molecule has 0 unspecified atom stereocenters. The van der Waals surface area contributed by atoms with Crippen molar-refractivity contribution in [3.8, 4) is 11.5 Å². The molecule has 6 heteroatoms. The van der Waals surface area contributed by atoms with Gasteiger partial charge in [0.2, 0.25) is 5.89 Å². The summed E-state index contributed by atoms with van der Waals surface area (Å²) < 4.78 is 17.5. The van der Waals surface area contributed by atoms with Gasteiger partial charge in [0.05, 0.1) is 10.4 Å². The Morgan fingerprint density at radius 2 is 1.18 bits per heavy atom. The van der Waals surface area contributed by atoms with Gasteiger partial charge in [-0.3, -0.25) is 0 Å². The Labute approximate surface area is 287 Å². The second kappa shape index (κ2) is 10.3. The van der Waals surface area contributed by atoms with Crippen molar-refractivity contribution in [3.63, 3.8) is 0 Å². The highest BCUT2D eigenvalue weighted by atomic mass is 32.1. The first-order valence-corrected chi connectivity index (χ1v) is 17.8. The summed E-state index contributed by atoms with van der Waals surface area (Å²) >= 11 is 3.64. The molecule has 7 aromatic carbocycles. The topological polar surface area (TPSA) is 42.4 Å². The van der Waals surface area contributed by atoms with Crippen molar-refractivity contribution in [2.75, 3.05) is 4.90 Å². The summed E-state index contributed by atoms with van der Waals surface area (Å²) in [7, 11) is 0. The first-order chi connectivity index (χ1) is 24.2. The molecule has 0 aliphatic rings. The average Bonchev–Trinajstić information content (AvgIpc) is 3.92. The van der Waals surface area contributed by atoms with E-state index >= 15 is 0 Å². The zero-order valence-electron chi connectivity index (χ0n) is 25.9. The van der Waals surface area contributed by atoms with Crippen LogP contribution in [0.25, 0.3) is 84.8 Å². The van der Waals surface area contributed by atoms with E-state index in [4.69, 9.17) is 13.8 Å². The minimum atomic E-state index is 0.642. The van der Waals surface area contributed by atoms with Crippen molar-refractivity contribution < 1.29 is 8.83 Å². The number of aromatic nitrogens is 1. The fourth-order valence-electron chi connectivity index (χ4n) is 7.22. The van der Waals surface area contributed by atoms with E-state index in [1.165, 1.54) is 40.3 Å². The van der Waals surface area contributed by atoms with E-state index in [0.29, 0.717) is 5.89 Å². The zero-order valence-corrected chi connectivity index (χ0v) is 27.5. The van der Waals surface area contributed by atoms with Crippen LogP contribution in [0, 0.1) is 0 Å². The van der Waals surface area contributed by atoms with Gasteiger partial charge < -0.3 is 13.7 Å². The van der Waals surface area contributed by atoms with Crippen LogP contribution in [-0.4, -0.2) is 4.98 Å². The van der Waals surface area contributed by atoms with Gasteiger partial charge in [-0.05, 0) is 72.8 Å². The maximum atomic E-state index is 6.31. The molecule has 0 N–H and O–H groups in total. The van der Waals surface area contributed by atoms with Gasteiger partial charge in [0.25, 0.3) is 0 Å². The van der Waals surface area contributed by atoms with Crippen LogP contribution >= 0.6 is 22.7 Å². The molecule has 0 fully saturated rings. The molecule has 0 saturated carbocycles. The Kier molecular flexibility index (Phi) is 5.67. The molecule has 4 aromatic heterocycles. The Bertz CT molecular complexity index is 3080. The normalized spacial score (nSPS) is 12.1. The number of furan rings is 1. The van der Waals surface area contributed by atoms with Crippen LogP contribution in [0.5, 0.6) is 0 Å². The molecule has 0 aliphatic carbocycles. The minimum absolute atomic E-state index is 0.642. The first kappa shape index (κ1) is 27.0. The lowest BCUT2D eigenvalue weighted by atomic mass is 10.1. The maximum absolute atomic E-state index is 6.31. The quantitative estimate of drug-likeness (QED) is 0.188. The van der Waals surface area contributed by atoms with Crippen molar-refractivity contribution in [1.82, 2.24) is 4.98 Å². The first-order valence-electron chi connectivity index (χ1n) is 16.2. The predicted octanol–water partition coefficient (Wildman–Crippen LogP) is 13.6. The van der Waals surface area contributed by atoms with Crippen LogP contribution in [0.4, 0.5) is 17.1 Å². The average molecular weight is 665 g/mol. The van der Waals surface area contributed by atoms with Gasteiger partial charge in [-0.15, -0.1) is 22.7 Å². The Morgan fingerprint density at radius 3 is 2.12 bits per heavy atom. The van der Waals surface area contributed by atoms with Crippen molar-refractivity contribution in [3.05, 3.63) is 146 Å². The van der Waals surface area contributed by atoms with Crippen LogP contribution in [0.2, 0.25) is 0 Å². The number of hydrogen-bond donors (Lipinski definition) is 0. The monoisotopic (exact) mass is 664 g/mol. The van der Waals surface area contributed by atoms with Crippen molar-refractivity contribution >= 4 is 113 Å². The SMILES string of the molecule is c1ccc(-c2nc3cc4sc5c(N(c6ccc7c(c6)sc6ccccc67)c6ccc7oc8ccccc8c7c6)cccc5c4cc3o2)cc1. The lowest BCUT2D eigenvalue weighted by molar-refractivity contribution is 0.620. The number of rotatable bonds is 4. The molecule has 0 bridgehead atoms. The predicted molar refractivity (Wildman–Crippen MR) is 207 cm³/mol. The molecule has 0 atom stereocenters. The summed E-state index contributed by atoms with van der Waals surface area (Å²) in [6, 6.07) is 51.4. The van der Waals surface area contributed by atoms with E-state index in [9.17, 15) is 0 Å². The van der Waals surface area contributed by atoms with Gasteiger partial charge in [0.1, 0.15) is 16.7 Å². The van der Waals surface area contributed by atoms with E-state index in [0.717, 1.165) is 55.7 Å². The number of para-hydroxylation sites is 1. The number of oxazole rings is 1. The largest absolute Gasteiger partial charge is 0.456 e. The minimum Gasteiger partial charge on any atom is -0.456 e. The maximum Gasteiger partial charge on any atom is 0.227 e. The van der Waals surface area contributed by atoms with Crippen molar-refractivity contribution in [2.45, 2.75) is 0 Å². The summed E-state index contributed by atoms with van der Waals surface area (Å²) in [4.78, 5) is 7.27. The smallest absolute Gasteiger partial charge is 0.227 e. The van der Waals surface area contributed by atoms with E-state index < -0.39 is 0 Å². The van der Waals surface area contributed by atoms with Crippen LogP contribution in [0.15, 0.2) is 154 Å². The molecule has 0 aliphatic heterocycles. The number of hydrogen-bond acceptors (Lipinski definition) is 6. The molecule has 11 aromatic rings. The summed E-state index contributed by atoms with van der Waals surface area (Å²) in [6.45, 7) is 0. The third kappa shape index (κ3) is 4.11. The van der Waals surface area contributed by atoms with Crippen LogP contribution in [-0.2, 0) is 0 Å². The van der Waals surface area contributed by atoms with Gasteiger partial charge in [-0.2, -0.15) is 0 Å². The molecule has 230 valence electrons. The molecule has 0 spiro atoms. The second-order valence-corrected chi connectivity index (χ2v) is 14.5. The van der Waals surface area contributed by atoms with Gasteiger partial charge in [-0.1, -0.05) is 72.8 Å². The van der Waals surface area contributed by atoms with Crippen molar-refractivity contribution in [1.29, 1.82) is 0 Å². The molecule has 0 radical (unpaired) electrons. The number of fused-ring (bicyclic) bond motifs is 10. The van der Waals surface area contributed by atoms with Crippen LogP contribution in [0.3, 0.4) is 0 Å². The molecule has 49 heavy (non-hydrogen) atoms. The summed E-state index contributed by atoms with van der Waals surface area (Å²) in [6.07, 6.45) is 0. The molecular formula is C43H24N2O2S2. The van der Waals surface area contributed by atoms with E-state index in [1.807, 2.05) is 53.8 Å². The Morgan fingerprint density at radius 1 is 0.449 bits per heavy atom. The lowest BCUT2D eigenvalue weighted by Gasteiger charge is -2.26. The molecule has 4 heterocycles. The molecule has 11 rings (SSSR count). The summed E-state index contributed by atoms with van der Waals surface area (Å²) in [5, 5.41) is 7.16. The van der Waals surface area contributed by atoms with Gasteiger partial charge in [0, 0.05) is 63.4 Å². The Hall–Kier alpha value is -5.95. The Balaban J connectivity index is 1.15. The third-order valence-corrected chi connectivity index (χ3v) is 11.8. The molecule has 4 nitrogen and oxygen atoms in total. The molecular weight excluding hydrogens is 641 g/mol. The number of benzene rings is 7. The highest BCUT2D eigenvalue weighted by Crippen LogP contribution is 2.48. The zero-order chi connectivity index (χ0) is 32.1. The second-order valence-electron chi connectivity index (χ2n) is 12.3. The van der Waals surface area contributed by atoms with Gasteiger partial charge >= 0.3 is 0 Å². The highest BCUT2D eigenvalue weighted by Gasteiger charge is 2.21. The van der Waals surface area contributed by atoms with Crippen LogP contribution in [0.1, 0.15) is 0 Å². The molecule has 0 amide bonds. The molecule has 0 saturated heterocycles.